The van der Waals surface area contributed by atoms with Crippen molar-refractivity contribution in [2.45, 2.75) is 19.4 Å². The average molecular weight is 158 g/mol. The molecule has 66 valence electrons. The number of nitrogens with two attached hydrogens (primary N) is 1. The third kappa shape index (κ3) is 2.77. The molecule has 0 aromatic rings. The van der Waals surface area contributed by atoms with Crippen molar-refractivity contribution in [2.24, 2.45) is 11.7 Å². The van der Waals surface area contributed by atoms with Gasteiger partial charge in [-0.3, -0.25) is 0 Å². The number of nitrogens with zero attached hydrogens (tertiary/aromatic N) is 1. The van der Waals surface area contributed by atoms with Crippen LogP contribution in [0.1, 0.15) is 13.3 Å². The molecule has 3 heteroatoms. The SMILES string of the molecule is CC(CO)CN1CC[C@H](N)C1. The summed E-state index contributed by atoms with van der Waals surface area (Å²) in [5.41, 5.74) is 5.74. The second-order valence-corrected chi connectivity index (χ2v) is 3.60. The minimum atomic E-state index is 0.283. The quantitative estimate of drug-likeness (QED) is 0.590. The van der Waals surface area contributed by atoms with Gasteiger partial charge in [-0.15, -0.1) is 0 Å². The van der Waals surface area contributed by atoms with Crippen LogP contribution in [0.5, 0.6) is 0 Å². The summed E-state index contributed by atoms with van der Waals surface area (Å²) in [7, 11) is 0. The normalized spacial score (nSPS) is 29.2. The van der Waals surface area contributed by atoms with Gasteiger partial charge in [0.2, 0.25) is 0 Å². The summed E-state index contributed by atoms with van der Waals surface area (Å²) in [4.78, 5) is 2.32. The van der Waals surface area contributed by atoms with Crippen LogP contribution < -0.4 is 5.73 Å². The van der Waals surface area contributed by atoms with Crippen LogP contribution in [0, 0.1) is 5.92 Å². The fourth-order valence-electron chi connectivity index (χ4n) is 1.53. The van der Waals surface area contributed by atoms with Gasteiger partial charge in [-0.2, -0.15) is 0 Å². The van der Waals surface area contributed by atoms with Crippen molar-refractivity contribution >= 4 is 0 Å². The van der Waals surface area contributed by atoms with E-state index in [1.54, 1.807) is 0 Å². The van der Waals surface area contributed by atoms with Gasteiger partial charge in [0.25, 0.3) is 0 Å². The summed E-state index contributed by atoms with van der Waals surface area (Å²) >= 11 is 0. The molecule has 0 radical (unpaired) electrons. The lowest BCUT2D eigenvalue weighted by atomic mass is 10.2. The highest BCUT2D eigenvalue weighted by Gasteiger charge is 2.19. The fourth-order valence-corrected chi connectivity index (χ4v) is 1.53. The molecule has 3 nitrogen and oxygen atoms in total. The first-order chi connectivity index (χ1) is 5.22. The largest absolute Gasteiger partial charge is 0.396 e. The van der Waals surface area contributed by atoms with E-state index in [-0.39, 0.29) is 6.61 Å². The van der Waals surface area contributed by atoms with Crippen molar-refractivity contribution in [1.82, 2.24) is 4.90 Å². The predicted molar refractivity (Wildman–Crippen MR) is 45.3 cm³/mol. The Balaban J connectivity index is 2.17. The zero-order valence-corrected chi connectivity index (χ0v) is 7.16. The van der Waals surface area contributed by atoms with Gasteiger partial charge < -0.3 is 15.7 Å². The second-order valence-electron chi connectivity index (χ2n) is 3.60. The number of rotatable bonds is 3. The lowest BCUT2D eigenvalue weighted by molar-refractivity contribution is 0.190. The topological polar surface area (TPSA) is 49.5 Å². The molecule has 0 aromatic heterocycles. The van der Waals surface area contributed by atoms with E-state index in [0.29, 0.717) is 12.0 Å². The lowest BCUT2D eigenvalue weighted by Gasteiger charge is -2.18. The second kappa shape index (κ2) is 4.04. The molecule has 2 atom stereocenters. The predicted octanol–water partition coefficient (Wildman–Crippen LogP) is -0.352. The van der Waals surface area contributed by atoms with Crippen molar-refractivity contribution in [1.29, 1.82) is 0 Å². The molecule has 11 heavy (non-hydrogen) atoms. The van der Waals surface area contributed by atoms with Crippen LogP contribution in [-0.2, 0) is 0 Å². The summed E-state index contributed by atoms with van der Waals surface area (Å²) in [6, 6.07) is 0.362. The van der Waals surface area contributed by atoms with Gasteiger partial charge in [-0.05, 0) is 18.9 Å². The Kier molecular flexibility index (Phi) is 3.30. The van der Waals surface area contributed by atoms with Crippen LogP contribution >= 0.6 is 0 Å². The third-order valence-electron chi connectivity index (χ3n) is 2.19. The minimum Gasteiger partial charge on any atom is -0.396 e. The van der Waals surface area contributed by atoms with Gasteiger partial charge in [-0.1, -0.05) is 6.92 Å². The van der Waals surface area contributed by atoms with E-state index in [2.05, 4.69) is 11.8 Å². The molecule has 0 amide bonds. The Labute approximate surface area is 68.2 Å². The first-order valence-corrected chi connectivity index (χ1v) is 4.31. The molecule has 0 bridgehead atoms. The Morgan fingerprint density at radius 1 is 1.73 bits per heavy atom. The Morgan fingerprint density at radius 2 is 2.45 bits per heavy atom. The molecule has 0 spiro atoms. The maximum Gasteiger partial charge on any atom is 0.0468 e. The number of hydrogen-bond acceptors (Lipinski definition) is 3. The molecule has 1 fully saturated rings. The molecular weight excluding hydrogens is 140 g/mol. The lowest BCUT2D eigenvalue weighted by Crippen LogP contribution is -2.30. The smallest absolute Gasteiger partial charge is 0.0468 e. The van der Waals surface area contributed by atoms with E-state index in [1.807, 2.05) is 0 Å². The number of hydrogen-bond donors (Lipinski definition) is 2. The van der Waals surface area contributed by atoms with Gasteiger partial charge in [0.15, 0.2) is 0 Å². The van der Waals surface area contributed by atoms with E-state index in [0.717, 1.165) is 26.1 Å². The number of aliphatic hydroxyl groups is 1. The number of likely N-dealkylation sites (tertiary alicyclic amines) is 1. The molecular formula is C8H18N2O. The van der Waals surface area contributed by atoms with E-state index in [4.69, 9.17) is 10.8 Å². The summed E-state index contributed by atoms with van der Waals surface area (Å²) in [6.45, 7) is 5.44. The van der Waals surface area contributed by atoms with E-state index < -0.39 is 0 Å². The highest BCUT2D eigenvalue weighted by Crippen LogP contribution is 2.08. The van der Waals surface area contributed by atoms with E-state index >= 15 is 0 Å². The van der Waals surface area contributed by atoms with Crippen LogP contribution in [0.25, 0.3) is 0 Å². The molecule has 0 aliphatic carbocycles. The highest BCUT2D eigenvalue weighted by atomic mass is 16.3. The molecule has 3 N–H and O–H groups in total. The number of aliphatic hydroxyl groups excluding tert-OH is 1. The molecule has 0 aromatic carbocycles. The fraction of sp³-hybridized carbons (Fsp3) is 1.00. The van der Waals surface area contributed by atoms with Crippen molar-refractivity contribution in [3.05, 3.63) is 0 Å². The highest BCUT2D eigenvalue weighted by molar-refractivity contribution is 4.78. The zero-order chi connectivity index (χ0) is 8.27. The monoisotopic (exact) mass is 158 g/mol. The summed E-state index contributed by atoms with van der Waals surface area (Å²) < 4.78 is 0. The average Bonchev–Trinajstić information content (AvgIpc) is 2.35. The summed E-state index contributed by atoms with van der Waals surface area (Å²) in [5.74, 6) is 0.389. The van der Waals surface area contributed by atoms with Crippen molar-refractivity contribution < 1.29 is 5.11 Å². The molecule has 1 rings (SSSR count). The molecule has 1 saturated heterocycles. The first kappa shape index (κ1) is 8.97. The van der Waals surface area contributed by atoms with Gasteiger partial charge >= 0.3 is 0 Å². The summed E-state index contributed by atoms with van der Waals surface area (Å²) in [6.07, 6.45) is 1.11. The van der Waals surface area contributed by atoms with Gasteiger partial charge in [0.1, 0.15) is 0 Å². The Hall–Kier alpha value is -0.120. The summed E-state index contributed by atoms with van der Waals surface area (Å²) in [5, 5.41) is 8.80. The molecule has 1 unspecified atom stereocenters. The molecule has 1 aliphatic rings. The van der Waals surface area contributed by atoms with Crippen LogP contribution in [0.2, 0.25) is 0 Å². The van der Waals surface area contributed by atoms with Crippen molar-refractivity contribution in [2.75, 3.05) is 26.2 Å². The molecule has 1 aliphatic heterocycles. The maximum absolute atomic E-state index is 8.80. The van der Waals surface area contributed by atoms with Crippen LogP contribution in [-0.4, -0.2) is 42.3 Å². The van der Waals surface area contributed by atoms with Crippen molar-refractivity contribution in [3.8, 4) is 0 Å². The Morgan fingerprint density at radius 3 is 2.91 bits per heavy atom. The Bertz CT molecular complexity index is 119. The van der Waals surface area contributed by atoms with Crippen LogP contribution in [0.4, 0.5) is 0 Å². The van der Waals surface area contributed by atoms with Gasteiger partial charge in [0, 0.05) is 25.7 Å². The maximum atomic E-state index is 8.80. The minimum absolute atomic E-state index is 0.283. The van der Waals surface area contributed by atoms with Crippen LogP contribution in [0.15, 0.2) is 0 Å². The van der Waals surface area contributed by atoms with Gasteiger partial charge in [-0.25, -0.2) is 0 Å². The van der Waals surface area contributed by atoms with E-state index in [1.165, 1.54) is 0 Å². The molecule has 0 saturated carbocycles. The molecule has 1 heterocycles. The third-order valence-corrected chi connectivity index (χ3v) is 2.19. The van der Waals surface area contributed by atoms with Crippen LogP contribution in [0.3, 0.4) is 0 Å². The zero-order valence-electron chi connectivity index (χ0n) is 7.16. The standard InChI is InChI=1S/C8H18N2O/c1-7(6-11)4-10-3-2-8(9)5-10/h7-8,11H,2-6,9H2,1H3/t7?,8-/m0/s1. The van der Waals surface area contributed by atoms with Gasteiger partial charge in [0.05, 0.1) is 0 Å². The van der Waals surface area contributed by atoms with E-state index in [9.17, 15) is 0 Å². The first-order valence-electron chi connectivity index (χ1n) is 4.31. The van der Waals surface area contributed by atoms with Crippen molar-refractivity contribution in [3.63, 3.8) is 0 Å².